The van der Waals surface area contributed by atoms with Crippen LogP contribution < -0.4 is 0 Å². The van der Waals surface area contributed by atoms with Crippen LogP contribution in [0.25, 0.3) is 0 Å². The van der Waals surface area contributed by atoms with Gasteiger partial charge >= 0.3 is 5.97 Å². The van der Waals surface area contributed by atoms with Crippen molar-refractivity contribution in [2.24, 2.45) is 5.16 Å². The number of phenols is 1. The van der Waals surface area contributed by atoms with E-state index in [1.54, 1.807) is 18.2 Å². The lowest BCUT2D eigenvalue weighted by Crippen LogP contribution is -2.06. The molecule has 0 atom stereocenters. The molecule has 2 rings (SSSR count). The molecule has 4 nitrogen and oxygen atoms in total. The molecule has 0 fully saturated rings. The van der Waals surface area contributed by atoms with Crippen molar-refractivity contribution in [3.05, 3.63) is 64.1 Å². The van der Waals surface area contributed by atoms with Crippen LogP contribution in [0, 0.1) is 0 Å². The van der Waals surface area contributed by atoms with E-state index in [9.17, 15) is 9.90 Å². The van der Waals surface area contributed by atoms with E-state index in [0.29, 0.717) is 11.3 Å². The fraction of sp³-hybridized carbons (Fsp3) is 0.0667. The highest BCUT2D eigenvalue weighted by Gasteiger charge is 2.13. The van der Waals surface area contributed by atoms with E-state index in [-0.39, 0.29) is 5.75 Å². The summed E-state index contributed by atoms with van der Waals surface area (Å²) in [5.41, 5.74) is 1.62. The maximum absolute atomic E-state index is 11.0. The third-order valence-electron chi connectivity index (χ3n) is 2.53. The molecule has 2 aromatic rings. The molecule has 102 valence electrons. The number of aromatic hydroxyl groups is 1. The molecule has 0 aliphatic carbocycles. The molecule has 0 aliphatic rings. The number of phenolic OH excluding ortho intramolecular Hbond substituents is 1. The minimum absolute atomic E-state index is 0.0501. The normalized spacial score (nSPS) is 11.2. The molecule has 0 unspecified atom stereocenters. The molecule has 0 radical (unpaired) electrons. The average molecular weight is 334 g/mol. The smallest absolute Gasteiger partial charge is 0.332 e. The van der Waals surface area contributed by atoms with Crippen LogP contribution in [0.15, 0.2) is 58.2 Å². The molecule has 20 heavy (non-hydrogen) atoms. The van der Waals surface area contributed by atoms with Crippen molar-refractivity contribution < 1.29 is 14.7 Å². The minimum Gasteiger partial charge on any atom is -0.507 e. The predicted octanol–water partition coefficient (Wildman–Crippen LogP) is 3.47. The average Bonchev–Trinajstić information content (AvgIpc) is 2.42. The summed E-state index contributed by atoms with van der Waals surface area (Å²) in [7, 11) is 0. The van der Waals surface area contributed by atoms with Gasteiger partial charge in [-0.15, -0.1) is 0 Å². The van der Waals surface area contributed by atoms with Gasteiger partial charge in [-0.05, 0) is 18.2 Å². The van der Waals surface area contributed by atoms with Crippen LogP contribution in [0.2, 0.25) is 0 Å². The highest BCUT2D eigenvalue weighted by molar-refractivity contribution is 9.10. The number of benzene rings is 2. The Morgan fingerprint density at radius 2 is 1.90 bits per heavy atom. The summed E-state index contributed by atoms with van der Waals surface area (Å²) in [6.07, 6.45) is 0. The predicted molar refractivity (Wildman–Crippen MR) is 79.7 cm³/mol. The zero-order valence-corrected chi connectivity index (χ0v) is 12.3. The number of hydrogen-bond acceptors (Lipinski definition) is 4. The summed E-state index contributed by atoms with van der Waals surface area (Å²) in [6.45, 7) is 1.27. The standard InChI is InChI=1S/C15H12BrNO3/c1-10(18)20-17-15(11-5-3-2-4-6-11)13-8-7-12(16)9-14(13)19/h2-9,19H,1H3/b17-15+. The first-order valence-corrected chi connectivity index (χ1v) is 6.67. The van der Waals surface area contributed by atoms with Crippen LogP contribution >= 0.6 is 15.9 Å². The minimum atomic E-state index is -0.518. The number of carbonyl (C=O) groups excluding carboxylic acids is 1. The van der Waals surface area contributed by atoms with E-state index in [2.05, 4.69) is 21.1 Å². The Balaban J connectivity index is 2.52. The molecular formula is C15H12BrNO3. The molecule has 0 heterocycles. The van der Waals surface area contributed by atoms with Crippen LogP contribution in [-0.2, 0) is 9.63 Å². The van der Waals surface area contributed by atoms with Crippen molar-refractivity contribution in [1.82, 2.24) is 0 Å². The number of hydrogen-bond donors (Lipinski definition) is 1. The summed E-state index contributed by atoms with van der Waals surface area (Å²) in [4.78, 5) is 15.7. The summed E-state index contributed by atoms with van der Waals surface area (Å²) < 4.78 is 0.749. The van der Waals surface area contributed by atoms with Gasteiger partial charge in [0.15, 0.2) is 0 Å². The Kier molecular flexibility index (Phi) is 4.53. The number of rotatable bonds is 3. The molecule has 5 heteroatoms. The molecule has 1 N–H and O–H groups in total. The maximum Gasteiger partial charge on any atom is 0.332 e. The summed E-state index contributed by atoms with van der Waals surface area (Å²) in [6, 6.07) is 14.2. The number of carbonyl (C=O) groups is 1. The van der Waals surface area contributed by atoms with Gasteiger partial charge in [-0.2, -0.15) is 0 Å². The molecular weight excluding hydrogens is 322 g/mol. The van der Waals surface area contributed by atoms with Gasteiger partial charge in [0, 0.05) is 22.5 Å². The van der Waals surface area contributed by atoms with E-state index < -0.39 is 5.97 Å². The van der Waals surface area contributed by atoms with Gasteiger partial charge in [0.25, 0.3) is 0 Å². The second-order valence-electron chi connectivity index (χ2n) is 4.05. The molecule has 0 spiro atoms. The zero-order chi connectivity index (χ0) is 14.5. The highest BCUT2D eigenvalue weighted by Crippen LogP contribution is 2.25. The van der Waals surface area contributed by atoms with Crippen LogP contribution in [0.1, 0.15) is 18.1 Å². The monoisotopic (exact) mass is 333 g/mol. The summed E-state index contributed by atoms with van der Waals surface area (Å²) in [5, 5.41) is 13.9. The van der Waals surface area contributed by atoms with E-state index >= 15 is 0 Å². The van der Waals surface area contributed by atoms with Crippen molar-refractivity contribution in [2.75, 3.05) is 0 Å². The van der Waals surface area contributed by atoms with Crippen LogP contribution in [0.4, 0.5) is 0 Å². The molecule has 0 aromatic heterocycles. The van der Waals surface area contributed by atoms with E-state index in [0.717, 1.165) is 10.0 Å². The Bertz CT molecular complexity index is 653. The summed E-state index contributed by atoms with van der Waals surface area (Å²) in [5.74, 6) is -0.468. The number of halogens is 1. The van der Waals surface area contributed by atoms with Gasteiger partial charge < -0.3 is 9.94 Å². The molecule has 0 aliphatic heterocycles. The molecule has 2 aromatic carbocycles. The van der Waals surface area contributed by atoms with Gasteiger partial charge in [-0.3, -0.25) is 0 Å². The Labute approximate surface area is 124 Å². The molecule has 0 saturated carbocycles. The fourth-order valence-electron chi connectivity index (χ4n) is 1.67. The molecule has 0 saturated heterocycles. The fourth-order valence-corrected chi connectivity index (χ4v) is 2.02. The Morgan fingerprint density at radius 1 is 1.20 bits per heavy atom. The van der Waals surface area contributed by atoms with Crippen molar-refractivity contribution in [1.29, 1.82) is 0 Å². The second-order valence-corrected chi connectivity index (χ2v) is 4.97. The van der Waals surface area contributed by atoms with Crippen LogP contribution in [0.3, 0.4) is 0 Å². The van der Waals surface area contributed by atoms with Crippen LogP contribution in [0.5, 0.6) is 5.75 Å². The van der Waals surface area contributed by atoms with Crippen molar-refractivity contribution >= 4 is 27.6 Å². The lowest BCUT2D eigenvalue weighted by molar-refractivity contribution is -0.140. The largest absolute Gasteiger partial charge is 0.507 e. The Morgan fingerprint density at radius 3 is 2.50 bits per heavy atom. The molecule has 0 amide bonds. The van der Waals surface area contributed by atoms with E-state index in [1.807, 2.05) is 30.3 Å². The highest BCUT2D eigenvalue weighted by atomic mass is 79.9. The van der Waals surface area contributed by atoms with E-state index in [4.69, 9.17) is 4.84 Å². The SMILES string of the molecule is CC(=O)O/N=C(\c1ccccc1)c1ccc(Br)cc1O. The number of nitrogens with zero attached hydrogens (tertiary/aromatic N) is 1. The van der Waals surface area contributed by atoms with Crippen molar-refractivity contribution in [3.8, 4) is 5.75 Å². The Hall–Kier alpha value is -2.14. The zero-order valence-electron chi connectivity index (χ0n) is 10.7. The van der Waals surface area contributed by atoms with E-state index in [1.165, 1.54) is 6.92 Å². The van der Waals surface area contributed by atoms with Crippen molar-refractivity contribution in [3.63, 3.8) is 0 Å². The van der Waals surface area contributed by atoms with Crippen LogP contribution in [-0.4, -0.2) is 16.8 Å². The van der Waals surface area contributed by atoms with Gasteiger partial charge in [0.1, 0.15) is 11.5 Å². The van der Waals surface area contributed by atoms with Gasteiger partial charge in [-0.25, -0.2) is 4.79 Å². The van der Waals surface area contributed by atoms with Crippen molar-refractivity contribution in [2.45, 2.75) is 6.92 Å². The van der Waals surface area contributed by atoms with Gasteiger partial charge in [0.2, 0.25) is 0 Å². The molecule has 0 bridgehead atoms. The second kappa shape index (κ2) is 6.34. The first-order chi connectivity index (χ1) is 9.58. The third-order valence-corrected chi connectivity index (χ3v) is 3.02. The third kappa shape index (κ3) is 3.45. The quantitative estimate of drug-likeness (QED) is 0.531. The maximum atomic E-state index is 11.0. The topological polar surface area (TPSA) is 58.9 Å². The lowest BCUT2D eigenvalue weighted by Gasteiger charge is -2.08. The van der Waals surface area contributed by atoms with Gasteiger partial charge in [-0.1, -0.05) is 51.4 Å². The number of oxime groups is 1. The first kappa shape index (κ1) is 14.3. The van der Waals surface area contributed by atoms with Gasteiger partial charge in [0.05, 0.1) is 0 Å². The first-order valence-electron chi connectivity index (χ1n) is 5.88. The lowest BCUT2D eigenvalue weighted by atomic mass is 10.0. The summed E-state index contributed by atoms with van der Waals surface area (Å²) >= 11 is 3.28.